The molecule has 1 aromatic rings. The number of amides is 1. The molecular weight excluding hydrogens is 388 g/mol. The number of carbonyl (C=O) groups excluding carboxylic acids is 2. The van der Waals surface area contributed by atoms with E-state index in [-0.39, 0.29) is 29.2 Å². The van der Waals surface area contributed by atoms with Gasteiger partial charge in [0.1, 0.15) is 12.2 Å². The summed E-state index contributed by atoms with van der Waals surface area (Å²) in [5, 5.41) is 6.38. The highest BCUT2D eigenvalue weighted by molar-refractivity contribution is 9.10. The second-order valence-corrected chi connectivity index (χ2v) is 6.24. The largest absolute Gasteiger partial charge is 0.463 e. The van der Waals surface area contributed by atoms with Crippen molar-refractivity contribution >= 4 is 27.8 Å². The molecule has 2 rings (SSSR count). The first kappa shape index (κ1) is 18.6. The number of nitrogens with one attached hydrogen (secondary N) is 1. The average molecular weight is 406 g/mol. The van der Waals surface area contributed by atoms with Crippen LogP contribution in [-0.4, -0.2) is 28.3 Å². The Labute approximate surface area is 146 Å². The van der Waals surface area contributed by atoms with Crippen LogP contribution in [0.15, 0.2) is 16.2 Å². The standard InChI is InChI=1S/C15H18BrF2N3O3/c1-3-24-11(23)6-8(2)19-10(22)7-21-14(9-4-5-9)12(16)13(20-21)15(17)18/h6,9,15H,3-5,7H2,1-2H3,(H,19,22)/b8-6+. The van der Waals surface area contributed by atoms with Crippen molar-refractivity contribution in [3.8, 4) is 0 Å². The second kappa shape index (κ2) is 7.87. The molecule has 0 unspecified atom stereocenters. The van der Waals surface area contributed by atoms with Crippen LogP contribution < -0.4 is 5.32 Å². The van der Waals surface area contributed by atoms with Gasteiger partial charge in [0.25, 0.3) is 6.43 Å². The van der Waals surface area contributed by atoms with Crippen LogP contribution in [0.4, 0.5) is 8.78 Å². The first-order chi connectivity index (χ1) is 11.3. The Morgan fingerprint density at radius 3 is 2.71 bits per heavy atom. The summed E-state index contributed by atoms with van der Waals surface area (Å²) in [6.45, 7) is 3.25. The molecule has 132 valence electrons. The Morgan fingerprint density at radius 2 is 2.17 bits per heavy atom. The van der Waals surface area contributed by atoms with Gasteiger partial charge in [0.2, 0.25) is 5.91 Å². The molecule has 24 heavy (non-hydrogen) atoms. The van der Waals surface area contributed by atoms with Crippen molar-refractivity contribution in [2.24, 2.45) is 0 Å². The van der Waals surface area contributed by atoms with Crippen molar-refractivity contribution < 1.29 is 23.1 Å². The molecule has 0 saturated heterocycles. The minimum Gasteiger partial charge on any atom is -0.463 e. The molecule has 0 atom stereocenters. The number of ether oxygens (including phenoxy) is 1. The van der Waals surface area contributed by atoms with Crippen molar-refractivity contribution in [1.82, 2.24) is 15.1 Å². The van der Waals surface area contributed by atoms with Crippen LogP contribution in [0.5, 0.6) is 0 Å². The van der Waals surface area contributed by atoms with Crippen molar-refractivity contribution in [3.63, 3.8) is 0 Å². The Kier molecular flexibility index (Phi) is 6.09. The Bertz CT molecular complexity index is 669. The van der Waals surface area contributed by atoms with Crippen molar-refractivity contribution in [2.45, 2.75) is 45.6 Å². The van der Waals surface area contributed by atoms with Gasteiger partial charge in [0.15, 0.2) is 0 Å². The van der Waals surface area contributed by atoms with Gasteiger partial charge in [-0.25, -0.2) is 13.6 Å². The molecule has 9 heteroatoms. The number of alkyl halides is 2. The van der Waals surface area contributed by atoms with Crippen molar-refractivity contribution in [1.29, 1.82) is 0 Å². The van der Waals surface area contributed by atoms with Gasteiger partial charge in [-0.3, -0.25) is 9.48 Å². The summed E-state index contributed by atoms with van der Waals surface area (Å²) in [5.74, 6) is -0.870. The van der Waals surface area contributed by atoms with E-state index in [0.29, 0.717) is 11.4 Å². The molecule has 0 aromatic carbocycles. The topological polar surface area (TPSA) is 73.2 Å². The maximum absolute atomic E-state index is 13.0. The predicted molar refractivity (Wildman–Crippen MR) is 85.4 cm³/mol. The van der Waals surface area contributed by atoms with Gasteiger partial charge in [-0.05, 0) is 42.6 Å². The van der Waals surface area contributed by atoms with Crippen LogP contribution in [0.3, 0.4) is 0 Å². The van der Waals surface area contributed by atoms with E-state index in [9.17, 15) is 18.4 Å². The van der Waals surface area contributed by atoms with Gasteiger partial charge < -0.3 is 10.1 Å². The number of halogens is 3. The highest BCUT2D eigenvalue weighted by Gasteiger charge is 2.34. The molecule has 1 heterocycles. The van der Waals surface area contributed by atoms with Crippen LogP contribution >= 0.6 is 15.9 Å². The van der Waals surface area contributed by atoms with Gasteiger partial charge in [0, 0.05) is 17.7 Å². The quantitative estimate of drug-likeness (QED) is 0.558. The van der Waals surface area contributed by atoms with Gasteiger partial charge in [-0.2, -0.15) is 5.10 Å². The third-order valence-electron chi connectivity index (χ3n) is 3.38. The lowest BCUT2D eigenvalue weighted by Crippen LogP contribution is -2.27. The maximum Gasteiger partial charge on any atom is 0.332 e. The summed E-state index contributed by atoms with van der Waals surface area (Å²) in [4.78, 5) is 23.4. The van der Waals surface area contributed by atoms with Crippen LogP contribution in [0, 0.1) is 0 Å². The third-order valence-corrected chi connectivity index (χ3v) is 4.19. The molecule has 1 amide bonds. The summed E-state index contributed by atoms with van der Waals surface area (Å²) in [5.41, 5.74) is 0.572. The van der Waals surface area contributed by atoms with Gasteiger partial charge in [-0.1, -0.05) is 0 Å². The molecule has 1 N–H and O–H groups in total. The van der Waals surface area contributed by atoms with Crippen LogP contribution in [0.1, 0.15) is 50.4 Å². The van der Waals surface area contributed by atoms with Crippen molar-refractivity contribution in [2.75, 3.05) is 6.61 Å². The van der Waals surface area contributed by atoms with Crippen LogP contribution in [0.25, 0.3) is 0 Å². The molecule has 1 fully saturated rings. The number of aromatic nitrogens is 2. The van der Waals surface area contributed by atoms with Gasteiger partial charge >= 0.3 is 5.97 Å². The molecule has 6 nitrogen and oxygen atoms in total. The van der Waals surface area contributed by atoms with Crippen molar-refractivity contribution in [3.05, 3.63) is 27.6 Å². The van der Waals surface area contributed by atoms with Gasteiger partial charge in [-0.15, -0.1) is 0 Å². The first-order valence-corrected chi connectivity index (χ1v) is 8.31. The fourth-order valence-corrected chi connectivity index (χ4v) is 3.05. The van der Waals surface area contributed by atoms with E-state index in [2.05, 4.69) is 26.3 Å². The number of allylic oxidation sites excluding steroid dienone is 1. The Hall–Kier alpha value is -1.77. The van der Waals surface area contributed by atoms with E-state index in [1.165, 1.54) is 4.68 Å². The number of esters is 1. The van der Waals surface area contributed by atoms with E-state index < -0.39 is 18.3 Å². The number of rotatable bonds is 7. The highest BCUT2D eigenvalue weighted by atomic mass is 79.9. The molecule has 1 saturated carbocycles. The zero-order valence-corrected chi connectivity index (χ0v) is 14.9. The molecule has 1 aliphatic carbocycles. The fourth-order valence-electron chi connectivity index (χ4n) is 2.27. The number of hydrogen-bond acceptors (Lipinski definition) is 4. The van der Waals surface area contributed by atoms with Crippen LogP contribution in [-0.2, 0) is 20.9 Å². The summed E-state index contributed by atoms with van der Waals surface area (Å²) < 4.78 is 32.3. The smallest absolute Gasteiger partial charge is 0.332 e. The van der Waals surface area contributed by atoms with Crippen LogP contribution in [0.2, 0.25) is 0 Å². The molecular formula is C15H18BrF2N3O3. The molecule has 1 aliphatic rings. The zero-order chi connectivity index (χ0) is 17.9. The van der Waals surface area contributed by atoms with E-state index in [1.807, 2.05) is 0 Å². The van der Waals surface area contributed by atoms with E-state index in [4.69, 9.17) is 4.74 Å². The summed E-state index contributed by atoms with van der Waals surface area (Å²) in [6, 6.07) is 0. The summed E-state index contributed by atoms with van der Waals surface area (Å²) in [7, 11) is 0. The Balaban J connectivity index is 2.09. The van der Waals surface area contributed by atoms with E-state index in [0.717, 1.165) is 18.9 Å². The van der Waals surface area contributed by atoms with E-state index >= 15 is 0 Å². The molecule has 0 spiro atoms. The number of hydrogen-bond donors (Lipinski definition) is 1. The molecule has 0 radical (unpaired) electrons. The lowest BCUT2D eigenvalue weighted by molar-refractivity contribution is -0.137. The minimum absolute atomic E-state index is 0.142. The fraction of sp³-hybridized carbons (Fsp3) is 0.533. The highest BCUT2D eigenvalue weighted by Crippen LogP contribution is 2.45. The predicted octanol–water partition coefficient (Wildman–Crippen LogP) is 3.04. The number of carbonyl (C=O) groups is 2. The normalized spacial score (nSPS) is 14.8. The summed E-state index contributed by atoms with van der Waals surface area (Å²) in [6.07, 6.45) is 0.214. The SMILES string of the molecule is CCOC(=O)/C=C(\C)NC(=O)Cn1nc(C(F)F)c(Br)c1C1CC1. The zero-order valence-electron chi connectivity index (χ0n) is 13.3. The molecule has 1 aromatic heterocycles. The monoisotopic (exact) mass is 405 g/mol. The second-order valence-electron chi connectivity index (χ2n) is 5.44. The number of nitrogens with zero attached hydrogens (tertiary/aromatic N) is 2. The van der Waals surface area contributed by atoms with E-state index in [1.54, 1.807) is 13.8 Å². The third kappa shape index (κ3) is 4.62. The average Bonchev–Trinajstić information content (AvgIpc) is 3.23. The first-order valence-electron chi connectivity index (χ1n) is 7.52. The lowest BCUT2D eigenvalue weighted by atomic mass is 10.2. The van der Waals surface area contributed by atoms with Gasteiger partial charge in [0.05, 0.1) is 16.8 Å². The molecule has 0 bridgehead atoms. The lowest BCUT2D eigenvalue weighted by Gasteiger charge is -2.08. The summed E-state index contributed by atoms with van der Waals surface area (Å²) >= 11 is 3.17. The molecule has 0 aliphatic heterocycles. The minimum atomic E-state index is -2.72. The Morgan fingerprint density at radius 1 is 1.50 bits per heavy atom. The maximum atomic E-state index is 13.0.